The minimum atomic E-state index is -1.31. The normalized spacial score (nSPS) is 10.2. The zero-order valence-corrected chi connectivity index (χ0v) is 12.5. The number of rotatable bonds is 3. The minimum absolute atomic E-state index is 0.0230. The number of benzene rings is 1. The first-order valence-electron chi connectivity index (χ1n) is 5.54. The molecule has 0 unspecified atom stereocenters. The number of hydrogen-bond donors (Lipinski definition) is 2. The second-order valence-electron chi connectivity index (χ2n) is 3.90. The largest absolute Gasteiger partial charge is 0.478 e. The van der Waals surface area contributed by atoms with E-state index >= 15 is 0 Å². The van der Waals surface area contributed by atoms with Gasteiger partial charge in [0, 0.05) is 11.2 Å². The zero-order valence-electron chi connectivity index (χ0n) is 10.2. The summed E-state index contributed by atoms with van der Waals surface area (Å²) in [4.78, 5) is 27.2. The van der Waals surface area contributed by atoms with Crippen molar-refractivity contribution < 1.29 is 14.7 Å². The molecular formula is C13H7Cl3N2O3. The van der Waals surface area contributed by atoms with Crippen molar-refractivity contribution in [2.45, 2.75) is 0 Å². The van der Waals surface area contributed by atoms with E-state index in [1.165, 1.54) is 30.5 Å². The Bertz CT molecular complexity index is 735. The molecule has 1 aromatic carbocycles. The van der Waals surface area contributed by atoms with E-state index in [0.29, 0.717) is 5.02 Å². The van der Waals surface area contributed by atoms with Gasteiger partial charge in [0.15, 0.2) is 0 Å². The Hall–Kier alpha value is -1.82. The summed E-state index contributed by atoms with van der Waals surface area (Å²) in [6.07, 6.45) is 1.36. The molecule has 1 heterocycles. The van der Waals surface area contributed by atoms with Crippen molar-refractivity contribution in [2.75, 3.05) is 5.32 Å². The fourth-order valence-corrected chi connectivity index (χ4v) is 2.19. The molecule has 21 heavy (non-hydrogen) atoms. The lowest BCUT2D eigenvalue weighted by atomic mass is 10.1. The van der Waals surface area contributed by atoms with Gasteiger partial charge >= 0.3 is 5.97 Å². The molecular weight excluding hydrogens is 339 g/mol. The van der Waals surface area contributed by atoms with Gasteiger partial charge in [0.1, 0.15) is 11.3 Å². The van der Waals surface area contributed by atoms with E-state index in [0.717, 1.165) is 0 Å². The molecule has 0 bridgehead atoms. The Morgan fingerprint density at radius 1 is 1.10 bits per heavy atom. The minimum Gasteiger partial charge on any atom is -0.478 e. The predicted octanol–water partition coefficient (Wildman–Crippen LogP) is 3.99. The van der Waals surface area contributed by atoms with Crippen molar-refractivity contribution in [1.82, 2.24) is 4.98 Å². The van der Waals surface area contributed by atoms with Crippen molar-refractivity contribution >= 4 is 52.4 Å². The van der Waals surface area contributed by atoms with E-state index in [4.69, 9.17) is 39.9 Å². The number of amides is 1. The van der Waals surface area contributed by atoms with Crippen LogP contribution in [0.4, 0.5) is 5.69 Å². The van der Waals surface area contributed by atoms with Gasteiger partial charge in [-0.3, -0.25) is 9.78 Å². The monoisotopic (exact) mass is 344 g/mol. The SMILES string of the molecule is O=C(Nc1c(Cl)ccc(Cl)c1C(=O)O)c1cc(Cl)ccn1. The van der Waals surface area contributed by atoms with Crippen LogP contribution in [0.25, 0.3) is 0 Å². The molecule has 0 aliphatic carbocycles. The van der Waals surface area contributed by atoms with Crippen molar-refractivity contribution in [3.63, 3.8) is 0 Å². The number of carboxylic acids is 1. The van der Waals surface area contributed by atoms with E-state index in [1.54, 1.807) is 0 Å². The first-order valence-corrected chi connectivity index (χ1v) is 6.67. The number of carboxylic acid groups (broad SMARTS) is 1. The van der Waals surface area contributed by atoms with Crippen LogP contribution >= 0.6 is 34.8 Å². The summed E-state index contributed by atoms with van der Waals surface area (Å²) in [5.41, 5.74) is -0.363. The lowest BCUT2D eigenvalue weighted by Gasteiger charge is -2.11. The highest BCUT2D eigenvalue weighted by Crippen LogP contribution is 2.32. The Morgan fingerprint density at radius 2 is 1.76 bits per heavy atom. The quantitative estimate of drug-likeness (QED) is 0.881. The van der Waals surface area contributed by atoms with Gasteiger partial charge < -0.3 is 10.4 Å². The number of pyridine rings is 1. The van der Waals surface area contributed by atoms with E-state index in [2.05, 4.69) is 10.3 Å². The summed E-state index contributed by atoms with van der Waals surface area (Å²) in [5.74, 6) is -1.96. The maximum atomic E-state index is 12.1. The molecule has 0 fully saturated rings. The molecule has 0 radical (unpaired) electrons. The number of hydrogen-bond acceptors (Lipinski definition) is 3. The van der Waals surface area contributed by atoms with Crippen LogP contribution in [0.15, 0.2) is 30.5 Å². The molecule has 1 amide bonds. The van der Waals surface area contributed by atoms with Crippen LogP contribution in [-0.4, -0.2) is 22.0 Å². The van der Waals surface area contributed by atoms with Gasteiger partial charge in [-0.1, -0.05) is 34.8 Å². The fourth-order valence-electron chi connectivity index (χ4n) is 1.59. The molecule has 0 saturated heterocycles. The van der Waals surface area contributed by atoms with Crippen molar-refractivity contribution in [2.24, 2.45) is 0 Å². The molecule has 108 valence electrons. The molecule has 0 spiro atoms. The fraction of sp³-hybridized carbons (Fsp3) is 0. The molecule has 0 atom stereocenters. The van der Waals surface area contributed by atoms with Gasteiger partial charge in [0.2, 0.25) is 0 Å². The third-order valence-corrected chi connectivity index (χ3v) is 3.38. The van der Waals surface area contributed by atoms with Crippen LogP contribution < -0.4 is 5.32 Å². The molecule has 8 heteroatoms. The molecule has 2 aromatic rings. The zero-order chi connectivity index (χ0) is 15.6. The van der Waals surface area contributed by atoms with Gasteiger partial charge in [-0.15, -0.1) is 0 Å². The van der Waals surface area contributed by atoms with Crippen molar-refractivity contribution in [3.05, 3.63) is 56.8 Å². The molecule has 2 rings (SSSR count). The summed E-state index contributed by atoms with van der Waals surface area (Å²) >= 11 is 17.5. The number of anilines is 1. The summed E-state index contributed by atoms with van der Waals surface area (Å²) < 4.78 is 0. The third-order valence-electron chi connectivity index (χ3n) is 2.51. The number of carbonyl (C=O) groups is 2. The molecule has 1 aromatic heterocycles. The van der Waals surface area contributed by atoms with Gasteiger partial charge in [0.25, 0.3) is 5.91 Å². The van der Waals surface area contributed by atoms with E-state index in [9.17, 15) is 9.59 Å². The highest BCUT2D eigenvalue weighted by molar-refractivity contribution is 6.39. The number of aromatic carboxylic acids is 1. The number of aromatic nitrogens is 1. The summed E-state index contributed by atoms with van der Waals surface area (Å²) in [6, 6.07) is 5.57. The van der Waals surface area contributed by atoms with Gasteiger partial charge in [-0.05, 0) is 24.3 Å². The summed E-state index contributed by atoms with van der Waals surface area (Å²) in [6.45, 7) is 0. The smallest absolute Gasteiger partial charge is 0.339 e. The Morgan fingerprint density at radius 3 is 2.38 bits per heavy atom. The Kier molecular flexibility index (Phi) is 4.67. The number of halogens is 3. The first-order chi connectivity index (χ1) is 9.90. The van der Waals surface area contributed by atoms with Gasteiger partial charge in [-0.25, -0.2) is 4.79 Å². The standard InChI is InChI=1S/C13H7Cl3N2O3/c14-6-3-4-17-9(5-6)12(19)18-11-8(16)2-1-7(15)10(11)13(20)21/h1-5H,(H,18,19)(H,20,21). The van der Waals surface area contributed by atoms with E-state index in [-0.39, 0.29) is 27.0 Å². The van der Waals surface area contributed by atoms with E-state index < -0.39 is 11.9 Å². The molecule has 2 N–H and O–H groups in total. The van der Waals surface area contributed by atoms with E-state index in [1.807, 2.05) is 0 Å². The lowest BCUT2D eigenvalue weighted by molar-refractivity contribution is 0.0698. The topological polar surface area (TPSA) is 79.3 Å². The predicted molar refractivity (Wildman–Crippen MR) is 80.6 cm³/mol. The van der Waals surface area contributed by atoms with Crippen LogP contribution in [0.2, 0.25) is 15.1 Å². The summed E-state index contributed by atoms with van der Waals surface area (Å²) in [7, 11) is 0. The van der Waals surface area contributed by atoms with Crippen LogP contribution in [-0.2, 0) is 0 Å². The molecule has 0 aliphatic heterocycles. The summed E-state index contributed by atoms with van der Waals surface area (Å²) in [5, 5.41) is 11.9. The number of carbonyl (C=O) groups excluding carboxylic acids is 1. The van der Waals surface area contributed by atoms with Crippen LogP contribution in [0.1, 0.15) is 20.8 Å². The molecule has 0 saturated carbocycles. The second-order valence-corrected chi connectivity index (χ2v) is 5.15. The molecule has 5 nitrogen and oxygen atoms in total. The Balaban J connectivity index is 2.42. The van der Waals surface area contributed by atoms with Crippen LogP contribution in [0.3, 0.4) is 0 Å². The highest BCUT2D eigenvalue weighted by atomic mass is 35.5. The lowest BCUT2D eigenvalue weighted by Crippen LogP contribution is -2.16. The second kappa shape index (κ2) is 6.30. The number of nitrogens with zero attached hydrogens (tertiary/aromatic N) is 1. The maximum absolute atomic E-state index is 12.1. The average molecular weight is 346 g/mol. The van der Waals surface area contributed by atoms with Gasteiger partial charge in [-0.2, -0.15) is 0 Å². The number of nitrogens with one attached hydrogen (secondary N) is 1. The van der Waals surface area contributed by atoms with Crippen molar-refractivity contribution in [3.8, 4) is 0 Å². The van der Waals surface area contributed by atoms with Crippen LogP contribution in [0, 0.1) is 0 Å². The van der Waals surface area contributed by atoms with Crippen molar-refractivity contribution in [1.29, 1.82) is 0 Å². The van der Waals surface area contributed by atoms with Gasteiger partial charge in [0.05, 0.1) is 15.7 Å². The maximum Gasteiger partial charge on any atom is 0.339 e. The first kappa shape index (κ1) is 15.6. The molecule has 0 aliphatic rings. The van der Waals surface area contributed by atoms with Crippen LogP contribution in [0.5, 0.6) is 0 Å². The third kappa shape index (κ3) is 3.44. The Labute approximate surface area is 134 Å². The highest BCUT2D eigenvalue weighted by Gasteiger charge is 2.20. The average Bonchev–Trinajstić information content (AvgIpc) is 2.42.